The number of carbonyl (C=O) groups excluding carboxylic acids is 2. The molecule has 0 saturated carbocycles. The highest BCUT2D eigenvalue weighted by Crippen LogP contribution is 2.17. The van der Waals surface area contributed by atoms with Crippen LogP contribution in [-0.2, 0) is 4.79 Å². The maximum absolute atomic E-state index is 12.2. The third kappa shape index (κ3) is 4.61. The maximum Gasteiger partial charge on any atom is 0.422 e. The van der Waals surface area contributed by atoms with Crippen LogP contribution in [0.15, 0.2) is 18.3 Å². The van der Waals surface area contributed by atoms with E-state index in [2.05, 4.69) is 15.0 Å². The molecule has 1 aromatic rings. The molecule has 22 heavy (non-hydrogen) atoms. The Hall–Kier alpha value is -2.32. The van der Waals surface area contributed by atoms with Crippen LogP contribution >= 0.6 is 0 Å². The van der Waals surface area contributed by atoms with Gasteiger partial charge >= 0.3 is 6.18 Å². The largest absolute Gasteiger partial charge is 0.468 e. The molecule has 1 aromatic heterocycles. The monoisotopic (exact) mass is 317 g/mol. The first-order valence-electron chi connectivity index (χ1n) is 6.57. The van der Waals surface area contributed by atoms with Crippen LogP contribution in [0.1, 0.15) is 16.8 Å². The third-order valence-electron chi connectivity index (χ3n) is 2.97. The number of aromatic nitrogens is 1. The fourth-order valence-corrected chi connectivity index (χ4v) is 1.90. The van der Waals surface area contributed by atoms with Gasteiger partial charge in [0.25, 0.3) is 5.91 Å². The van der Waals surface area contributed by atoms with E-state index in [9.17, 15) is 22.8 Å². The number of nitrogens with one attached hydrogen (secondary N) is 1. The Morgan fingerprint density at radius 3 is 2.77 bits per heavy atom. The van der Waals surface area contributed by atoms with Crippen LogP contribution in [0.4, 0.5) is 13.2 Å². The number of pyridine rings is 1. The number of hydrogen-bond acceptors (Lipinski definition) is 4. The highest BCUT2D eigenvalue weighted by atomic mass is 19.4. The number of alkyl halides is 3. The van der Waals surface area contributed by atoms with Gasteiger partial charge in [-0.15, -0.1) is 0 Å². The fraction of sp³-hybridized carbons (Fsp3) is 0.462. The lowest BCUT2D eigenvalue weighted by molar-refractivity contribution is -0.154. The standard InChI is InChI=1S/C13H14F3N3O3/c14-13(15,16)8-22-11-2-1-9(7-18-11)12(21)19-5-3-10(20)17-4-6-19/h1-2,7H,3-6,8H2,(H,17,20). The molecular formula is C13H14F3N3O3. The molecule has 0 radical (unpaired) electrons. The van der Waals surface area contributed by atoms with Crippen LogP contribution in [0.5, 0.6) is 5.88 Å². The molecule has 2 heterocycles. The minimum Gasteiger partial charge on any atom is -0.468 e. The van der Waals surface area contributed by atoms with Crippen molar-refractivity contribution in [1.82, 2.24) is 15.2 Å². The Balaban J connectivity index is 1.97. The predicted molar refractivity (Wildman–Crippen MR) is 69.3 cm³/mol. The lowest BCUT2D eigenvalue weighted by Crippen LogP contribution is -2.34. The minimum atomic E-state index is -4.44. The number of amides is 2. The van der Waals surface area contributed by atoms with Crippen molar-refractivity contribution in [2.45, 2.75) is 12.6 Å². The van der Waals surface area contributed by atoms with Gasteiger partial charge in [-0.2, -0.15) is 13.2 Å². The van der Waals surface area contributed by atoms with Gasteiger partial charge in [-0.05, 0) is 6.07 Å². The van der Waals surface area contributed by atoms with E-state index >= 15 is 0 Å². The first kappa shape index (κ1) is 16.1. The van der Waals surface area contributed by atoms with Gasteiger partial charge in [0.05, 0.1) is 5.56 Å². The quantitative estimate of drug-likeness (QED) is 0.902. The number of hydrogen-bond donors (Lipinski definition) is 1. The van der Waals surface area contributed by atoms with E-state index in [1.54, 1.807) is 0 Å². The zero-order valence-electron chi connectivity index (χ0n) is 11.5. The van der Waals surface area contributed by atoms with Crippen LogP contribution < -0.4 is 10.1 Å². The average Bonchev–Trinajstić information content (AvgIpc) is 2.69. The van der Waals surface area contributed by atoms with E-state index in [0.717, 1.165) is 6.20 Å². The van der Waals surface area contributed by atoms with Crippen LogP contribution in [0.25, 0.3) is 0 Å². The first-order chi connectivity index (χ1) is 10.3. The highest BCUT2D eigenvalue weighted by Gasteiger charge is 2.28. The average molecular weight is 317 g/mol. The summed E-state index contributed by atoms with van der Waals surface area (Å²) in [6.45, 7) is -0.411. The van der Waals surface area contributed by atoms with E-state index in [-0.39, 0.29) is 36.2 Å². The van der Waals surface area contributed by atoms with Crippen molar-refractivity contribution in [2.75, 3.05) is 26.2 Å². The lowest BCUT2D eigenvalue weighted by atomic mass is 10.2. The number of ether oxygens (including phenoxy) is 1. The second-order valence-electron chi connectivity index (χ2n) is 4.68. The van der Waals surface area contributed by atoms with Crippen LogP contribution in [0, 0.1) is 0 Å². The Labute approximate surface area is 124 Å². The van der Waals surface area contributed by atoms with Crippen molar-refractivity contribution in [3.8, 4) is 5.88 Å². The lowest BCUT2D eigenvalue weighted by Gasteiger charge is -2.19. The molecular weight excluding hydrogens is 303 g/mol. The van der Waals surface area contributed by atoms with Gasteiger partial charge in [0.2, 0.25) is 11.8 Å². The fourth-order valence-electron chi connectivity index (χ4n) is 1.90. The van der Waals surface area contributed by atoms with Crippen molar-refractivity contribution in [1.29, 1.82) is 0 Å². The third-order valence-corrected chi connectivity index (χ3v) is 2.97. The molecule has 0 aromatic carbocycles. The second kappa shape index (κ2) is 6.63. The summed E-state index contributed by atoms with van der Waals surface area (Å²) in [6, 6.07) is 2.56. The van der Waals surface area contributed by atoms with E-state index < -0.39 is 12.8 Å². The van der Waals surface area contributed by atoms with Crippen molar-refractivity contribution in [3.63, 3.8) is 0 Å². The number of nitrogens with zero attached hydrogens (tertiary/aromatic N) is 2. The zero-order valence-corrected chi connectivity index (χ0v) is 11.5. The maximum atomic E-state index is 12.2. The van der Waals surface area contributed by atoms with Gasteiger partial charge in [0, 0.05) is 38.3 Å². The molecule has 120 valence electrons. The summed E-state index contributed by atoms with van der Waals surface area (Å²) in [4.78, 5) is 28.6. The zero-order chi connectivity index (χ0) is 16.2. The van der Waals surface area contributed by atoms with Gasteiger partial charge in [-0.1, -0.05) is 0 Å². The van der Waals surface area contributed by atoms with E-state index in [1.165, 1.54) is 17.0 Å². The molecule has 9 heteroatoms. The molecule has 0 aliphatic carbocycles. The molecule has 1 saturated heterocycles. The Morgan fingerprint density at radius 1 is 1.36 bits per heavy atom. The second-order valence-corrected chi connectivity index (χ2v) is 4.68. The first-order valence-corrected chi connectivity index (χ1v) is 6.57. The van der Waals surface area contributed by atoms with E-state index in [4.69, 9.17) is 0 Å². The molecule has 1 N–H and O–H groups in total. The normalized spacial score (nSPS) is 16.0. The number of carbonyl (C=O) groups is 2. The van der Waals surface area contributed by atoms with E-state index in [1.807, 2.05) is 0 Å². The van der Waals surface area contributed by atoms with Gasteiger partial charge < -0.3 is 15.0 Å². The smallest absolute Gasteiger partial charge is 0.422 e. The van der Waals surface area contributed by atoms with Gasteiger partial charge in [-0.3, -0.25) is 9.59 Å². The van der Waals surface area contributed by atoms with Crippen LogP contribution in [-0.4, -0.2) is 54.1 Å². The molecule has 1 fully saturated rings. The van der Waals surface area contributed by atoms with Crippen molar-refractivity contribution >= 4 is 11.8 Å². The SMILES string of the molecule is O=C1CCN(C(=O)c2ccc(OCC(F)(F)F)nc2)CCN1. The summed E-state index contributed by atoms with van der Waals surface area (Å²) >= 11 is 0. The van der Waals surface area contributed by atoms with Crippen LogP contribution in [0.3, 0.4) is 0 Å². The molecule has 1 aliphatic rings. The topological polar surface area (TPSA) is 71.5 Å². The molecule has 2 amide bonds. The summed E-state index contributed by atoms with van der Waals surface area (Å²) in [5, 5.41) is 2.65. The highest BCUT2D eigenvalue weighted by molar-refractivity contribution is 5.94. The molecule has 0 unspecified atom stereocenters. The van der Waals surface area contributed by atoms with Gasteiger partial charge in [0.1, 0.15) is 0 Å². The van der Waals surface area contributed by atoms with Gasteiger partial charge in [-0.25, -0.2) is 4.98 Å². The van der Waals surface area contributed by atoms with Crippen molar-refractivity contribution in [2.24, 2.45) is 0 Å². The molecule has 1 aliphatic heterocycles. The number of rotatable bonds is 3. The number of halogens is 3. The van der Waals surface area contributed by atoms with E-state index in [0.29, 0.717) is 13.1 Å². The molecule has 0 atom stereocenters. The molecule has 0 spiro atoms. The molecule has 0 bridgehead atoms. The van der Waals surface area contributed by atoms with Crippen molar-refractivity contribution < 1.29 is 27.5 Å². The summed E-state index contributed by atoms with van der Waals surface area (Å²) in [6.07, 6.45) is -3.07. The molecule has 2 rings (SSSR count). The summed E-state index contributed by atoms with van der Waals surface area (Å²) in [5.74, 6) is -0.655. The minimum absolute atomic E-state index is 0.121. The molecule has 6 nitrogen and oxygen atoms in total. The Bertz CT molecular complexity index is 546. The Kier molecular flexibility index (Phi) is 4.84. The van der Waals surface area contributed by atoms with Crippen LogP contribution in [0.2, 0.25) is 0 Å². The van der Waals surface area contributed by atoms with Gasteiger partial charge in [0.15, 0.2) is 6.61 Å². The summed E-state index contributed by atoms with van der Waals surface area (Å²) in [7, 11) is 0. The predicted octanol–water partition coefficient (Wildman–Crippen LogP) is 0.985. The Morgan fingerprint density at radius 2 is 2.14 bits per heavy atom. The summed E-state index contributed by atoms with van der Waals surface area (Å²) in [5.41, 5.74) is 0.230. The summed E-state index contributed by atoms with van der Waals surface area (Å²) < 4.78 is 40.5. The van der Waals surface area contributed by atoms with Crippen molar-refractivity contribution in [3.05, 3.63) is 23.9 Å².